The summed E-state index contributed by atoms with van der Waals surface area (Å²) in [6, 6.07) is 13.6. The van der Waals surface area contributed by atoms with Crippen LogP contribution in [0.25, 0.3) is 10.7 Å². The summed E-state index contributed by atoms with van der Waals surface area (Å²) in [5.74, 6) is 0.734. The maximum Gasteiger partial charge on any atom is 0.416 e. The summed E-state index contributed by atoms with van der Waals surface area (Å²) in [6.45, 7) is 0. The van der Waals surface area contributed by atoms with Crippen LogP contribution in [0.3, 0.4) is 0 Å². The van der Waals surface area contributed by atoms with Gasteiger partial charge < -0.3 is 4.52 Å². The third-order valence-corrected chi connectivity index (χ3v) is 6.55. The molecule has 0 aliphatic rings. The summed E-state index contributed by atoms with van der Waals surface area (Å²) in [7, 11) is -4.10. The molecule has 2 heterocycles. The van der Waals surface area contributed by atoms with Crippen LogP contribution >= 0.6 is 11.3 Å². The average Bonchev–Trinajstić information content (AvgIpc) is 3.41. The molecule has 2 aromatic heterocycles. The first-order valence-electron chi connectivity index (χ1n) is 8.87. The smallest absolute Gasteiger partial charge is 0.339 e. The van der Waals surface area contributed by atoms with Gasteiger partial charge in [-0.1, -0.05) is 29.4 Å². The molecule has 11 heteroatoms. The van der Waals surface area contributed by atoms with Gasteiger partial charge in [-0.05, 0) is 47.3 Å². The van der Waals surface area contributed by atoms with Gasteiger partial charge in [-0.3, -0.25) is 4.72 Å². The molecule has 0 unspecified atom stereocenters. The van der Waals surface area contributed by atoms with Gasteiger partial charge in [0.2, 0.25) is 11.7 Å². The lowest BCUT2D eigenvalue weighted by molar-refractivity contribution is -0.137. The zero-order valence-corrected chi connectivity index (χ0v) is 17.3. The molecular formula is C20H14F3N3O3S2. The van der Waals surface area contributed by atoms with E-state index in [-0.39, 0.29) is 17.0 Å². The van der Waals surface area contributed by atoms with E-state index < -0.39 is 21.8 Å². The summed E-state index contributed by atoms with van der Waals surface area (Å²) in [5.41, 5.74) is -0.0950. The molecule has 1 N–H and O–H groups in total. The van der Waals surface area contributed by atoms with Crippen LogP contribution in [0.5, 0.6) is 0 Å². The van der Waals surface area contributed by atoms with Gasteiger partial charge in [-0.15, -0.1) is 11.3 Å². The predicted molar refractivity (Wildman–Crippen MR) is 109 cm³/mol. The van der Waals surface area contributed by atoms with Crippen LogP contribution in [0.4, 0.5) is 18.9 Å². The van der Waals surface area contributed by atoms with Crippen molar-refractivity contribution >= 4 is 27.0 Å². The molecular weight excluding hydrogens is 451 g/mol. The van der Waals surface area contributed by atoms with Crippen molar-refractivity contribution in [2.75, 3.05) is 4.72 Å². The van der Waals surface area contributed by atoms with Crippen LogP contribution in [0.15, 0.2) is 75.5 Å². The highest BCUT2D eigenvalue weighted by molar-refractivity contribution is 7.92. The summed E-state index contributed by atoms with van der Waals surface area (Å²) in [4.78, 5) is 4.88. The molecule has 31 heavy (non-hydrogen) atoms. The standard InChI is InChI=1S/C20H14F3N3O3S2/c21-20(22,23)14-7-9-15(10-8-14)31(27,28)26-16-5-2-1-4-13(16)12-18-24-19(25-29-18)17-6-3-11-30-17/h1-11,26H,12H2. The van der Waals surface area contributed by atoms with Gasteiger partial charge in [0.15, 0.2) is 0 Å². The van der Waals surface area contributed by atoms with Crippen molar-refractivity contribution in [1.82, 2.24) is 10.1 Å². The second-order valence-electron chi connectivity index (χ2n) is 6.45. The van der Waals surface area contributed by atoms with Crippen molar-refractivity contribution in [1.29, 1.82) is 0 Å². The van der Waals surface area contributed by atoms with Crippen molar-refractivity contribution in [2.45, 2.75) is 17.5 Å². The van der Waals surface area contributed by atoms with Gasteiger partial charge in [0.25, 0.3) is 10.0 Å². The van der Waals surface area contributed by atoms with Gasteiger partial charge >= 0.3 is 6.18 Å². The first kappa shape index (κ1) is 21.1. The molecule has 0 spiro atoms. The highest BCUT2D eigenvalue weighted by Gasteiger charge is 2.30. The minimum Gasteiger partial charge on any atom is -0.339 e. The lowest BCUT2D eigenvalue weighted by atomic mass is 10.1. The number of anilines is 1. The lowest BCUT2D eigenvalue weighted by Crippen LogP contribution is -2.15. The normalized spacial score (nSPS) is 12.1. The minimum atomic E-state index is -4.55. The van der Waals surface area contributed by atoms with Crippen molar-refractivity contribution < 1.29 is 26.1 Å². The molecule has 0 aliphatic heterocycles. The number of para-hydroxylation sites is 1. The summed E-state index contributed by atoms with van der Waals surface area (Å²) in [5, 5.41) is 5.81. The molecule has 2 aromatic carbocycles. The molecule has 0 fully saturated rings. The lowest BCUT2D eigenvalue weighted by Gasteiger charge is -2.12. The van der Waals surface area contributed by atoms with Crippen LogP contribution in [0, 0.1) is 0 Å². The third-order valence-electron chi connectivity index (χ3n) is 4.30. The van der Waals surface area contributed by atoms with Gasteiger partial charge in [-0.25, -0.2) is 8.42 Å². The topological polar surface area (TPSA) is 85.1 Å². The second-order valence-corrected chi connectivity index (χ2v) is 9.08. The van der Waals surface area contributed by atoms with E-state index in [2.05, 4.69) is 14.9 Å². The summed E-state index contributed by atoms with van der Waals surface area (Å²) in [6.07, 6.45) is -4.38. The van der Waals surface area contributed by atoms with E-state index in [1.807, 2.05) is 17.5 Å². The maximum atomic E-state index is 12.7. The number of halogens is 3. The number of alkyl halides is 3. The second kappa shape index (κ2) is 8.16. The van der Waals surface area contributed by atoms with E-state index in [4.69, 9.17) is 4.52 Å². The number of nitrogens with one attached hydrogen (secondary N) is 1. The molecule has 0 bridgehead atoms. The Bertz CT molecular complexity index is 1280. The van der Waals surface area contributed by atoms with E-state index in [1.54, 1.807) is 24.3 Å². The molecule has 0 radical (unpaired) electrons. The fraction of sp³-hybridized carbons (Fsp3) is 0.100. The van der Waals surface area contributed by atoms with E-state index in [9.17, 15) is 21.6 Å². The monoisotopic (exact) mass is 465 g/mol. The van der Waals surface area contributed by atoms with Crippen molar-refractivity contribution in [3.8, 4) is 10.7 Å². The molecule has 0 aliphatic carbocycles. The SMILES string of the molecule is O=S(=O)(Nc1ccccc1Cc1nc(-c2cccs2)no1)c1ccc(C(F)(F)F)cc1. The van der Waals surface area contributed by atoms with E-state index in [0.29, 0.717) is 17.3 Å². The van der Waals surface area contributed by atoms with Gasteiger partial charge in [0, 0.05) is 0 Å². The number of hydrogen-bond donors (Lipinski definition) is 1. The molecule has 4 aromatic rings. The number of nitrogens with zero attached hydrogens (tertiary/aromatic N) is 2. The number of benzene rings is 2. The zero-order valence-electron chi connectivity index (χ0n) is 15.6. The van der Waals surface area contributed by atoms with E-state index in [0.717, 1.165) is 29.1 Å². The zero-order chi connectivity index (χ0) is 22.1. The van der Waals surface area contributed by atoms with E-state index >= 15 is 0 Å². The molecule has 6 nitrogen and oxygen atoms in total. The number of hydrogen-bond acceptors (Lipinski definition) is 6. The quantitative estimate of drug-likeness (QED) is 0.423. The van der Waals surface area contributed by atoms with Gasteiger partial charge in [0.05, 0.1) is 27.4 Å². The van der Waals surface area contributed by atoms with Crippen LogP contribution in [-0.2, 0) is 22.6 Å². The molecule has 160 valence electrons. The summed E-state index contributed by atoms with van der Waals surface area (Å²) >= 11 is 1.46. The highest BCUT2D eigenvalue weighted by atomic mass is 32.2. The third kappa shape index (κ3) is 4.78. The highest BCUT2D eigenvalue weighted by Crippen LogP contribution is 2.30. The van der Waals surface area contributed by atoms with Crippen molar-refractivity contribution in [3.05, 3.63) is 83.1 Å². The van der Waals surface area contributed by atoms with Crippen LogP contribution in [0.1, 0.15) is 17.0 Å². The molecule has 4 rings (SSSR count). The molecule has 0 atom stereocenters. The van der Waals surface area contributed by atoms with Crippen molar-refractivity contribution in [2.24, 2.45) is 0 Å². The fourth-order valence-electron chi connectivity index (χ4n) is 2.80. The van der Waals surface area contributed by atoms with Crippen LogP contribution in [-0.4, -0.2) is 18.6 Å². The Morgan fingerprint density at radius 1 is 1.00 bits per heavy atom. The Hall–Kier alpha value is -3.18. The fourth-order valence-corrected chi connectivity index (χ4v) is 4.55. The van der Waals surface area contributed by atoms with Crippen molar-refractivity contribution in [3.63, 3.8) is 0 Å². The predicted octanol–water partition coefficient (Wildman–Crippen LogP) is 5.21. The number of sulfonamides is 1. The molecule has 0 saturated carbocycles. The van der Waals surface area contributed by atoms with Crippen LogP contribution in [0.2, 0.25) is 0 Å². The summed E-state index contributed by atoms with van der Waals surface area (Å²) < 4.78 is 71.2. The Morgan fingerprint density at radius 2 is 1.74 bits per heavy atom. The number of thiophene rings is 1. The minimum absolute atomic E-state index is 0.171. The van der Waals surface area contributed by atoms with E-state index in [1.165, 1.54) is 11.3 Å². The first-order chi connectivity index (χ1) is 14.7. The van der Waals surface area contributed by atoms with Crippen LogP contribution < -0.4 is 4.72 Å². The Morgan fingerprint density at radius 3 is 2.42 bits per heavy atom. The van der Waals surface area contributed by atoms with Gasteiger partial charge in [0.1, 0.15) is 0 Å². The Labute approximate surface area is 179 Å². The van der Waals surface area contributed by atoms with Gasteiger partial charge in [-0.2, -0.15) is 18.2 Å². The molecule has 0 saturated heterocycles. The Kier molecular flexibility index (Phi) is 5.54. The Balaban J connectivity index is 1.56. The number of rotatable bonds is 6. The average molecular weight is 465 g/mol. The largest absolute Gasteiger partial charge is 0.416 e. The molecule has 0 amide bonds. The number of aromatic nitrogens is 2. The maximum absolute atomic E-state index is 12.7. The first-order valence-corrected chi connectivity index (χ1v) is 11.2.